The van der Waals surface area contributed by atoms with Crippen molar-refractivity contribution in [3.8, 4) is 0 Å². The summed E-state index contributed by atoms with van der Waals surface area (Å²) in [5.74, 6) is 0. The quantitative estimate of drug-likeness (QED) is 0.891. The summed E-state index contributed by atoms with van der Waals surface area (Å²) in [6, 6.07) is 0. The molecule has 1 aromatic rings. The molecule has 1 N–H and O–H groups in total. The molecule has 18 heavy (non-hydrogen) atoms. The zero-order valence-corrected chi connectivity index (χ0v) is 12.0. The van der Waals surface area contributed by atoms with E-state index >= 15 is 0 Å². The molecule has 2 heterocycles. The minimum absolute atomic E-state index is 0.264. The van der Waals surface area contributed by atoms with Crippen molar-refractivity contribution in [2.75, 3.05) is 11.9 Å². The maximum absolute atomic E-state index is 5.94. The summed E-state index contributed by atoms with van der Waals surface area (Å²) >= 11 is 1.38. The monoisotopic (exact) mass is 271 g/mol. The number of ether oxygens (including phenoxy) is 2. The highest BCUT2D eigenvalue weighted by molar-refractivity contribution is 7.10. The van der Waals surface area contributed by atoms with Gasteiger partial charge in [0.05, 0.1) is 24.9 Å². The van der Waals surface area contributed by atoms with Crippen LogP contribution in [0.3, 0.4) is 0 Å². The van der Waals surface area contributed by atoms with Crippen LogP contribution in [-0.4, -0.2) is 34.4 Å². The van der Waals surface area contributed by atoms with Crippen LogP contribution >= 0.6 is 11.5 Å². The lowest BCUT2D eigenvalue weighted by Crippen LogP contribution is -2.34. The van der Waals surface area contributed by atoms with E-state index in [0.717, 1.165) is 30.1 Å². The molecule has 0 aromatic carbocycles. The highest BCUT2D eigenvalue weighted by atomic mass is 32.1. The molecule has 5 nitrogen and oxygen atoms in total. The molecule has 1 aliphatic heterocycles. The van der Waals surface area contributed by atoms with E-state index in [2.05, 4.69) is 35.7 Å². The second-order valence-corrected chi connectivity index (χ2v) is 5.49. The van der Waals surface area contributed by atoms with Crippen molar-refractivity contribution in [1.82, 2.24) is 9.59 Å². The van der Waals surface area contributed by atoms with E-state index < -0.39 is 0 Å². The van der Waals surface area contributed by atoms with E-state index in [1.54, 1.807) is 0 Å². The molecule has 1 aromatic heterocycles. The molecule has 2 unspecified atom stereocenters. The number of nitrogens with zero attached hydrogens (tertiary/aromatic N) is 2. The van der Waals surface area contributed by atoms with Crippen LogP contribution in [-0.2, 0) is 16.1 Å². The largest absolute Gasteiger partial charge is 0.375 e. The van der Waals surface area contributed by atoms with E-state index in [4.69, 9.17) is 9.47 Å². The van der Waals surface area contributed by atoms with Gasteiger partial charge in [-0.15, -0.1) is 5.10 Å². The Morgan fingerprint density at radius 2 is 2.11 bits per heavy atom. The van der Waals surface area contributed by atoms with Crippen LogP contribution < -0.4 is 5.32 Å². The number of hydrogen-bond acceptors (Lipinski definition) is 6. The first kappa shape index (κ1) is 13.7. The van der Waals surface area contributed by atoms with Crippen molar-refractivity contribution in [1.29, 1.82) is 0 Å². The molecule has 102 valence electrons. The predicted molar refractivity (Wildman–Crippen MR) is 71.9 cm³/mol. The van der Waals surface area contributed by atoms with Crippen LogP contribution in [0.2, 0.25) is 0 Å². The topological polar surface area (TPSA) is 56.3 Å². The van der Waals surface area contributed by atoms with Gasteiger partial charge in [0.1, 0.15) is 10.7 Å². The second kappa shape index (κ2) is 6.45. The highest BCUT2D eigenvalue weighted by Gasteiger charge is 2.25. The molecule has 1 saturated heterocycles. The standard InChI is InChI=1S/C12H21N3O2S/c1-4-13-12-11(14-15-18-12)7-16-10-5-8(2)17-9(3)6-10/h8-10,13H,4-7H2,1-3H3. The van der Waals surface area contributed by atoms with Crippen LogP contribution in [0.1, 0.15) is 39.3 Å². The number of anilines is 1. The average molecular weight is 271 g/mol. The molecule has 0 aliphatic carbocycles. The van der Waals surface area contributed by atoms with Crippen molar-refractivity contribution >= 4 is 16.5 Å². The number of aromatic nitrogens is 2. The van der Waals surface area contributed by atoms with Crippen LogP contribution in [0, 0.1) is 0 Å². The number of rotatable bonds is 5. The van der Waals surface area contributed by atoms with E-state index in [9.17, 15) is 0 Å². The van der Waals surface area contributed by atoms with Gasteiger partial charge >= 0.3 is 0 Å². The Morgan fingerprint density at radius 3 is 2.78 bits per heavy atom. The number of hydrogen-bond donors (Lipinski definition) is 1. The summed E-state index contributed by atoms with van der Waals surface area (Å²) in [5.41, 5.74) is 0.911. The van der Waals surface area contributed by atoms with Gasteiger partial charge in [-0.25, -0.2) is 0 Å². The normalized spacial score (nSPS) is 28.3. The van der Waals surface area contributed by atoms with Gasteiger partial charge in [-0.05, 0) is 33.6 Å². The highest BCUT2D eigenvalue weighted by Crippen LogP contribution is 2.24. The third-order valence-corrected chi connectivity index (χ3v) is 3.73. The van der Waals surface area contributed by atoms with Crippen molar-refractivity contribution in [3.63, 3.8) is 0 Å². The summed E-state index contributed by atoms with van der Waals surface area (Å²) in [7, 11) is 0. The van der Waals surface area contributed by atoms with Crippen molar-refractivity contribution in [2.45, 2.75) is 58.5 Å². The third-order valence-electron chi connectivity index (χ3n) is 3.00. The Kier molecular flexibility index (Phi) is 4.91. The van der Waals surface area contributed by atoms with Gasteiger partial charge in [0, 0.05) is 18.1 Å². The first-order valence-electron chi connectivity index (χ1n) is 6.51. The van der Waals surface area contributed by atoms with Gasteiger partial charge in [0.15, 0.2) is 0 Å². The lowest BCUT2D eigenvalue weighted by Gasteiger charge is -2.31. The Labute approximate surface area is 112 Å². The summed E-state index contributed by atoms with van der Waals surface area (Å²) in [6.07, 6.45) is 2.73. The molecule has 0 spiro atoms. The Bertz CT molecular complexity index is 362. The summed E-state index contributed by atoms with van der Waals surface area (Å²) in [5, 5.41) is 8.38. The van der Waals surface area contributed by atoms with Crippen LogP contribution in [0.25, 0.3) is 0 Å². The number of nitrogens with one attached hydrogen (secondary N) is 1. The predicted octanol–water partition coefficient (Wildman–Crippen LogP) is 2.44. The molecule has 0 amide bonds. The maximum Gasteiger partial charge on any atom is 0.135 e. The SMILES string of the molecule is CCNc1snnc1COC1CC(C)OC(C)C1. The van der Waals surface area contributed by atoms with E-state index in [-0.39, 0.29) is 18.3 Å². The zero-order valence-electron chi connectivity index (χ0n) is 11.2. The third kappa shape index (κ3) is 3.63. The van der Waals surface area contributed by atoms with E-state index in [1.165, 1.54) is 11.5 Å². The van der Waals surface area contributed by atoms with Crippen LogP contribution in [0.5, 0.6) is 0 Å². The minimum atomic E-state index is 0.264. The summed E-state index contributed by atoms with van der Waals surface area (Å²) < 4.78 is 15.6. The lowest BCUT2D eigenvalue weighted by atomic mass is 10.0. The molecule has 0 bridgehead atoms. The summed E-state index contributed by atoms with van der Waals surface area (Å²) in [6.45, 7) is 7.66. The first-order valence-corrected chi connectivity index (χ1v) is 7.28. The van der Waals surface area contributed by atoms with Crippen LogP contribution in [0.15, 0.2) is 0 Å². The molecule has 2 rings (SSSR count). The van der Waals surface area contributed by atoms with Gasteiger partial charge in [0.25, 0.3) is 0 Å². The van der Waals surface area contributed by atoms with Crippen molar-refractivity contribution in [3.05, 3.63) is 5.69 Å². The summed E-state index contributed by atoms with van der Waals surface area (Å²) in [4.78, 5) is 0. The van der Waals surface area contributed by atoms with Crippen molar-refractivity contribution < 1.29 is 9.47 Å². The molecule has 0 radical (unpaired) electrons. The zero-order chi connectivity index (χ0) is 13.0. The smallest absolute Gasteiger partial charge is 0.135 e. The Morgan fingerprint density at radius 1 is 1.39 bits per heavy atom. The molecule has 1 aliphatic rings. The van der Waals surface area contributed by atoms with Crippen LogP contribution in [0.4, 0.5) is 5.00 Å². The van der Waals surface area contributed by atoms with Gasteiger partial charge in [-0.2, -0.15) is 0 Å². The first-order chi connectivity index (χ1) is 8.69. The minimum Gasteiger partial charge on any atom is -0.375 e. The molecule has 0 saturated carbocycles. The molecule has 1 fully saturated rings. The fraction of sp³-hybridized carbons (Fsp3) is 0.833. The van der Waals surface area contributed by atoms with Crippen molar-refractivity contribution in [2.24, 2.45) is 0 Å². The Balaban J connectivity index is 1.85. The van der Waals surface area contributed by atoms with Gasteiger partial charge < -0.3 is 14.8 Å². The molecular formula is C12H21N3O2S. The fourth-order valence-corrected chi connectivity index (χ4v) is 2.91. The second-order valence-electron chi connectivity index (χ2n) is 4.74. The van der Waals surface area contributed by atoms with Gasteiger partial charge in [0.2, 0.25) is 0 Å². The maximum atomic E-state index is 5.94. The Hall–Kier alpha value is -0.720. The molecule has 6 heteroatoms. The lowest BCUT2D eigenvalue weighted by molar-refractivity contribution is -0.106. The van der Waals surface area contributed by atoms with E-state index in [1.807, 2.05) is 0 Å². The fourth-order valence-electron chi connectivity index (χ4n) is 2.28. The molecular weight excluding hydrogens is 250 g/mol. The van der Waals surface area contributed by atoms with Gasteiger partial charge in [-0.1, -0.05) is 4.49 Å². The molecule has 2 atom stereocenters. The van der Waals surface area contributed by atoms with E-state index in [0.29, 0.717) is 6.61 Å². The van der Waals surface area contributed by atoms with Gasteiger partial charge in [-0.3, -0.25) is 0 Å². The average Bonchev–Trinajstić information content (AvgIpc) is 2.73.